The van der Waals surface area contributed by atoms with E-state index in [1.165, 1.54) is 11.1 Å². The maximum absolute atomic E-state index is 5.93. The third kappa shape index (κ3) is 5.10. The van der Waals surface area contributed by atoms with Gasteiger partial charge in [0.1, 0.15) is 24.5 Å². The van der Waals surface area contributed by atoms with Crippen molar-refractivity contribution in [2.24, 2.45) is 0 Å². The highest BCUT2D eigenvalue weighted by atomic mass is 35.5. The molecule has 2 aromatic carbocycles. The van der Waals surface area contributed by atoms with Crippen LogP contribution in [0.1, 0.15) is 11.1 Å². The van der Waals surface area contributed by atoms with Crippen LogP contribution in [0.25, 0.3) is 11.0 Å². The number of aromatic nitrogens is 4. The first kappa shape index (κ1) is 21.7. The minimum absolute atomic E-state index is 0.658. The Bertz CT molecular complexity index is 1200. The van der Waals surface area contributed by atoms with E-state index in [1.807, 2.05) is 35.1 Å². The lowest BCUT2D eigenvalue weighted by Gasteiger charge is -2.35. The average Bonchev–Trinajstić information content (AvgIpc) is 3.25. The van der Waals surface area contributed by atoms with Crippen molar-refractivity contribution < 1.29 is 4.74 Å². The van der Waals surface area contributed by atoms with E-state index >= 15 is 0 Å². The molecule has 0 saturated carbocycles. The van der Waals surface area contributed by atoms with Crippen molar-refractivity contribution >= 4 is 28.5 Å². The molecule has 0 spiro atoms. The molecule has 2 aromatic heterocycles. The Morgan fingerprint density at radius 2 is 1.70 bits per heavy atom. The normalized spacial score (nSPS) is 14.7. The summed E-state index contributed by atoms with van der Waals surface area (Å²) >= 11 is 5.93. The van der Waals surface area contributed by atoms with Gasteiger partial charge in [0.2, 0.25) is 0 Å². The van der Waals surface area contributed by atoms with Gasteiger partial charge in [-0.15, -0.1) is 0 Å². The zero-order chi connectivity index (χ0) is 22.6. The van der Waals surface area contributed by atoms with E-state index in [1.54, 1.807) is 6.33 Å². The van der Waals surface area contributed by atoms with E-state index in [-0.39, 0.29) is 0 Å². The van der Waals surface area contributed by atoms with Gasteiger partial charge in [-0.3, -0.25) is 4.90 Å². The van der Waals surface area contributed by atoms with Gasteiger partial charge in [0.15, 0.2) is 5.65 Å². The molecule has 1 saturated heterocycles. The number of benzene rings is 2. The molecule has 0 amide bonds. The Morgan fingerprint density at radius 1 is 0.939 bits per heavy atom. The third-order valence-electron chi connectivity index (χ3n) is 6.03. The molecule has 8 heteroatoms. The average molecular weight is 463 g/mol. The molecule has 4 aromatic rings. The molecule has 0 aliphatic carbocycles. The van der Waals surface area contributed by atoms with E-state index in [0.717, 1.165) is 60.3 Å². The Morgan fingerprint density at radius 3 is 2.45 bits per heavy atom. The summed E-state index contributed by atoms with van der Waals surface area (Å²) < 4.78 is 7.80. The lowest BCUT2D eigenvalue weighted by atomic mass is 10.1. The van der Waals surface area contributed by atoms with Gasteiger partial charge in [-0.2, -0.15) is 5.10 Å². The van der Waals surface area contributed by atoms with Crippen molar-refractivity contribution in [3.05, 3.63) is 77.2 Å². The number of piperazine rings is 1. The number of hydrogen-bond donors (Lipinski definition) is 0. The number of fused-ring (bicyclic) bond motifs is 1. The first-order chi connectivity index (χ1) is 16.2. The summed E-state index contributed by atoms with van der Waals surface area (Å²) in [5, 5.41) is 6.33. The monoisotopic (exact) mass is 462 g/mol. The summed E-state index contributed by atoms with van der Waals surface area (Å²) in [7, 11) is 0. The molecule has 1 aliphatic rings. The molecule has 1 aliphatic heterocycles. The molecule has 1 fully saturated rings. The highest BCUT2D eigenvalue weighted by Gasteiger charge is 2.21. The standard InChI is InChI=1S/C25H27ClN6O/c1-19-2-4-20(5-3-19)17-32-25-23(16-29-32)24(27-18-28-25)31-12-10-30(11-13-31)14-15-33-22-8-6-21(26)7-9-22/h2-9,16,18H,10-15,17H2,1H3. The summed E-state index contributed by atoms with van der Waals surface area (Å²) in [5.41, 5.74) is 3.34. The number of aryl methyl sites for hydroxylation is 1. The Kier molecular flexibility index (Phi) is 6.41. The smallest absolute Gasteiger partial charge is 0.163 e. The van der Waals surface area contributed by atoms with Gasteiger partial charge in [-0.1, -0.05) is 41.4 Å². The predicted molar refractivity (Wildman–Crippen MR) is 131 cm³/mol. The molecule has 5 rings (SSSR count). The molecule has 3 heterocycles. The van der Waals surface area contributed by atoms with Crippen LogP contribution in [0.3, 0.4) is 0 Å². The quantitative estimate of drug-likeness (QED) is 0.413. The SMILES string of the molecule is Cc1ccc(Cn2ncc3c(N4CCN(CCOc5ccc(Cl)cc5)CC4)ncnc32)cc1. The maximum Gasteiger partial charge on any atom is 0.163 e. The van der Waals surface area contributed by atoms with Crippen molar-refractivity contribution in [1.29, 1.82) is 0 Å². The molecular formula is C25H27ClN6O. The van der Waals surface area contributed by atoms with Crippen molar-refractivity contribution in [3.63, 3.8) is 0 Å². The zero-order valence-electron chi connectivity index (χ0n) is 18.7. The summed E-state index contributed by atoms with van der Waals surface area (Å²) in [4.78, 5) is 13.9. The fourth-order valence-electron chi connectivity index (χ4n) is 4.12. The second-order valence-corrected chi connectivity index (χ2v) is 8.79. The Balaban J connectivity index is 1.19. The number of anilines is 1. The second kappa shape index (κ2) is 9.77. The summed E-state index contributed by atoms with van der Waals surface area (Å²) in [6.45, 7) is 8.10. The van der Waals surface area contributed by atoms with Crippen molar-refractivity contribution in [2.75, 3.05) is 44.2 Å². The van der Waals surface area contributed by atoms with Crippen LogP contribution < -0.4 is 9.64 Å². The van der Waals surface area contributed by atoms with Crippen LogP contribution in [-0.2, 0) is 6.54 Å². The number of ether oxygens (including phenoxy) is 1. The van der Waals surface area contributed by atoms with Gasteiger partial charge >= 0.3 is 0 Å². The summed E-state index contributed by atoms with van der Waals surface area (Å²) in [6, 6.07) is 16.0. The maximum atomic E-state index is 5.93. The molecule has 0 N–H and O–H groups in total. The molecule has 7 nitrogen and oxygen atoms in total. The van der Waals surface area contributed by atoms with Crippen LogP contribution >= 0.6 is 11.6 Å². The van der Waals surface area contributed by atoms with Crippen molar-refractivity contribution in [3.8, 4) is 5.75 Å². The van der Waals surface area contributed by atoms with Crippen LogP contribution in [0.4, 0.5) is 5.82 Å². The second-order valence-electron chi connectivity index (χ2n) is 8.35. The van der Waals surface area contributed by atoms with Crippen LogP contribution in [0.2, 0.25) is 5.02 Å². The van der Waals surface area contributed by atoms with E-state index in [2.05, 4.69) is 56.1 Å². The largest absolute Gasteiger partial charge is 0.492 e. The van der Waals surface area contributed by atoms with Gasteiger partial charge in [0.05, 0.1) is 18.1 Å². The van der Waals surface area contributed by atoms with Crippen LogP contribution in [0.15, 0.2) is 61.1 Å². The summed E-state index contributed by atoms with van der Waals surface area (Å²) in [5.74, 6) is 1.82. The van der Waals surface area contributed by atoms with E-state index in [0.29, 0.717) is 13.2 Å². The summed E-state index contributed by atoms with van der Waals surface area (Å²) in [6.07, 6.45) is 3.54. The molecule has 0 atom stereocenters. The van der Waals surface area contributed by atoms with Gasteiger partial charge in [-0.25, -0.2) is 14.6 Å². The molecule has 0 bridgehead atoms. The van der Waals surface area contributed by atoms with E-state index in [4.69, 9.17) is 16.3 Å². The lowest BCUT2D eigenvalue weighted by Crippen LogP contribution is -2.47. The van der Waals surface area contributed by atoms with Crippen LogP contribution in [0.5, 0.6) is 5.75 Å². The molecule has 0 unspecified atom stereocenters. The van der Waals surface area contributed by atoms with Gasteiger partial charge in [-0.05, 0) is 36.8 Å². The minimum atomic E-state index is 0.658. The molecule has 170 valence electrons. The highest BCUT2D eigenvalue weighted by molar-refractivity contribution is 6.30. The third-order valence-corrected chi connectivity index (χ3v) is 6.28. The number of rotatable bonds is 7. The van der Waals surface area contributed by atoms with Gasteiger partial charge in [0.25, 0.3) is 0 Å². The minimum Gasteiger partial charge on any atom is -0.492 e. The van der Waals surface area contributed by atoms with Gasteiger partial charge in [0, 0.05) is 37.7 Å². The van der Waals surface area contributed by atoms with Gasteiger partial charge < -0.3 is 9.64 Å². The Hall–Kier alpha value is -3.16. The Labute approximate surface area is 198 Å². The molecular weight excluding hydrogens is 436 g/mol. The van der Waals surface area contributed by atoms with E-state index in [9.17, 15) is 0 Å². The first-order valence-electron chi connectivity index (χ1n) is 11.2. The predicted octanol–water partition coefficient (Wildman–Crippen LogP) is 4.04. The van der Waals surface area contributed by atoms with Crippen molar-refractivity contribution in [2.45, 2.75) is 13.5 Å². The topological polar surface area (TPSA) is 59.3 Å². The number of halogens is 1. The van der Waals surface area contributed by atoms with E-state index < -0.39 is 0 Å². The molecule has 33 heavy (non-hydrogen) atoms. The fraction of sp³-hybridized carbons (Fsp3) is 0.320. The fourth-order valence-corrected chi connectivity index (χ4v) is 4.25. The number of hydrogen-bond acceptors (Lipinski definition) is 6. The number of nitrogens with zero attached hydrogens (tertiary/aromatic N) is 6. The zero-order valence-corrected chi connectivity index (χ0v) is 19.4. The van der Waals surface area contributed by atoms with Crippen LogP contribution in [0, 0.1) is 6.92 Å². The van der Waals surface area contributed by atoms with Crippen LogP contribution in [-0.4, -0.2) is 64.0 Å². The lowest BCUT2D eigenvalue weighted by molar-refractivity contribution is 0.200. The highest BCUT2D eigenvalue weighted by Crippen LogP contribution is 2.24. The molecule has 0 radical (unpaired) electrons. The first-order valence-corrected chi connectivity index (χ1v) is 11.6. The van der Waals surface area contributed by atoms with Crippen molar-refractivity contribution in [1.82, 2.24) is 24.6 Å².